The average molecular weight is 403 g/mol. The minimum atomic E-state index is -0.582. The van der Waals surface area contributed by atoms with Crippen LogP contribution in [0.3, 0.4) is 0 Å². The van der Waals surface area contributed by atoms with Gasteiger partial charge in [-0.25, -0.2) is 0 Å². The van der Waals surface area contributed by atoms with Gasteiger partial charge in [-0.15, -0.1) is 0 Å². The number of rotatable bonds is 5. The maximum absolute atomic E-state index is 13.5. The van der Waals surface area contributed by atoms with E-state index in [9.17, 15) is 9.59 Å². The van der Waals surface area contributed by atoms with Crippen molar-refractivity contribution in [2.45, 2.75) is 38.4 Å². The van der Waals surface area contributed by atoms with Gasteiger partial charge in [0.2, 0.25) is 11.8 Å². The van der Waals surface area contributed by atoms with E-state index in [0.29, 0.717) is 19.4 Å². The van der Waals surface area contributed by atoms with Crippen molar-refractivity contribution in [2.24, 2.45) is 0 Å². The van der Waals surface area contributed by atoms with E-state index >= 15 is 0 Å². The molecule has 154 valence electrons. The molecule has 0 saturated carbocycles. The van der Waals surface area contributed by atoms with Gasteiger partial charge < -0.3 is 15.5 Å². The molecule has 2 amide bonds. The van der Waals surface area contributed by atoms with Gasteiger partial charge in [-0.05, 0) is 44.5 Å². The number of aryl methyl sites for hydroxylation is 1. The van der Waals surface area contributed by atoms with Crippen LogP contribution in [-0.2, 0) is 22.6 Å². The normalized spacial score (nSPS) is 17.3. The molecule has 1 aliphatic heterocycles. The van der Waals surface area contributed by atoms with Crippen LogP contribution in [0, 0.1) is 0 Å². The summed E-state index contributed by atoms with van der Waals surface area (Å²) in [6.45, 7) is 2.14. The van der Waals surface area contributed by atoms with Gasteiger partial charge in [0, 0.05) is 16.6 Å². The number of carbonyl (C=O) groups is 2. The summed E-state index contributed by atoms with van der Waals surface area (Å²) < 4.78 is 0. The number of aromatic nitrogens is 2. The summed E-state index contributed by atoms with van der Waals surface area (Å²) in [6.07, 6.45) is 2.98. The van der Waals surface area contributed by atoms with Crippen LogP contribution in [0.4, 0.5) is 5.69 Å². The summed E-state index contributed by atoms with van der Waals surface area (Å²) in [7, 11) is 1.73. The first-order chi connectivity index (χ1) is 14.6. The predicted octanol–water partition coefficient (Wildman–Crippen LogP) is 2.20. The van der Waals surface area contributed by atoms with Crippen molar-refractivity contribution in [3.05, 3.63) is 65.9 Å². The lowest BCUT2D eigenvalue weighted by Gasteiger charge is -2.27. The number of amides is 2. The van der Waals surface area contributed by atoms with Crippen LogP contribution >= 0.6 is 0 Å². The number of carbonyl (C=O) groups excluding carboxylic acids is 2. The third-order valence-corrected chi connectivity index (χ3v) is 5.65. The number of benzene rings is 2. The van der Waals surface area contributed by atoms with Crippen molar-refractivity contribution >= 4 is 28.4 Å². The lowest BCUT2D eigenvalue weighted by molar-refractivity contribution is -0.128. The van der Waals surface area contributed by atoms with Crippen LogP contribution in [0.2, 0.25) is 0 Å². The lowest BCUT2D eigenvalue weighted by Crippen LogP contribution is -2.52. The van der Waals surface area contributed by atoms with Gasteiger partial charge in [0.05, 0.1) is 24.3 Å². The Kier molecular flexibility index (Phi) is 5.72. The summed E-state index contributed by atoms with van der Waals surface area (Å²) in [5, 5.41) is 15.1. The second-order valence-electron chi connectivity index (χ2n) is 7.55. The smallest absolute Gasteiger partial charge is 0.249 e. The molecule has 7 nitrogen and oxygen atoms in total. The molecule has 0 bridgehead atoms. The topological polar surface area (TPSA) is 87.2 Å². The molecule has 2 heterocycles. The molecule has 2 N–H and O–H groups in total. The molecule has 7 heteroatoms. The van der Waals surface area contributed by atoms with Crippen LogP contribution in [0.15, 0.2) is 54.7 Å². The molecule has 4 rings (SSSR count). The molecule has 2 atom stereocenters. The molecule has 1 aromatic heterocycles. The Bertz CT molecular complexity index is 1080. The highest BCUT2D eigenvalue weighted by Gasteiger charge is 2.32. The van der Waals surface area contributed by atoms with Crippen molar-refractivity contribution in [2.75, 3.05) is 11.9 Å². The largest absolute Gasteiger partial charge is 0.343 e. The first kappa shape index (κ1) is 20.0. The molecular weight excluding hydrogens is 378 g/mol. The van der Waals surface area contributed by atoms with Gasteiger partial charge in [0.1, 0.15) is 6.04 Å². The fourth-order valence-corrected chi connectivity index (χ4v) is 3.80. The monoisotopic (exact) mass is 403 g/mol. The van der Waals surface area contributed by atoms with Crippen molar-refractivity contribution in [3.63, 3.8) is 0 Å². The van der Waals surface area contributed by atoms with Crippen LogP contribution in [0.5, 0.6) is 0 Å². The Balaban J connectivity index is 1.70. The van der Waals surface area contributed by atoms with Crippen LogP contribution < -0.4 is 15.5 Å². The Labute approximate surface area is 175 Å². The zero-order valence-corrected chi connectivity index (χ0v) is 17.1. The molecule has 0 saturated heterocycles. The zero-order chi connectivity index (χ0) is 21.1. The van der Waals surface area contributed by atoms with E-state index in [4.69, 9.17) is 0 Å². The fraction of sp³-hybridized carbons (Fsp3) is 0.304. The van der Waals surface area contributed by atoms with Crippen molar-refractivity contribution in [3.8, 4) is 0 Å². The molecule has 3 aromatic rings. The molecule has 0 aliphatic carbocycles. The Morgan fingerprint density at radius 1 is 1.20 bits per heavy atom. The minimum Gasteiger partial charge on any atom is -0.343 e. The van der Waals surface area contributed by atoms with E-state index in [2.05, 4.69) is 20.8 Å². The number of nitrogens with zero attached hydrogens (tertiary/aromatic N) is 3. The van der Waals surface area contributed by atoms with Gasteiger partial charge in [-0.3, -0.25) is 9.59 Å². The third kappa shape index (κ3) is 3.89. The van der Waals surface area contributed by atoms with E-state index in [1.807, 2.05) is 48.5 Å². The Morgan fingerprint density at radius 2 is 1.97 bits per heavy atom. The minimum absolute atomic E-state index is 0.113. The van der Waals surface area contributed by atoms with Gasteiger partial charge in [-0.2, -0.15) is 10.2 Å². The molecule has 30 heavy (non-hydrogen) atoms. The van der Waals surface area contributed by atoms with Crippen molar-refractivity contribution < 1.29 is 9.59 Å². The number of likely N-dealkylation sites (N-methyl/N-ethyl adjacent to an activating group) is 1. The predicted molar refractivity (Wildman–Crippen MR) is 116 cm³/mol. The van der Waals surface area contributed by atoms with E-state index in [1.54, 1.807) is 25.1 Å². The maximum atomic E-state index is 13.5. The molecule has 0 radical (unpaired) electrons. The first-order valence-corrected chi connectivity index (χ1v) is 10.1. The summed E-state index contributed by atoms with van der Waals surface area (Å²) in [6, 6.07) is 14.7. The number of hydrogen-bond acceptors (Lipinski definition) is 5. The number of hydrogen-bond donors (Lipinski definition) is 2. The summed E-state index contributed by atoms with van der Waals surface area (Å²) in [5.74, 6) is -0.296. The summed E-state index contributed by atoms with van der Waals surface area (Å²) in [5.41, 5.74) is 3.68. The molecule has 0 fully saturated rings. The SMILES string of the molecule is CNC(C)C(=O)N[C@H]1CCc2ccccc2N(Cc2cnnc3ccccc23)C1=O. The van der Waals surface area contributed by atoms with Gasteiger partial charge in [0.25, 0.3) is 0 Å². The van der Waals surface area contributed by atoms with E-state index in [1.165, 1.54) is 0 Å². The fourth-order valence-electron chi connectivity index (χ4n) is 3.80. The van der Waals surface area contributed by atoms with Crippen LogP contribution in [0.25, 0.3) is 10.9 Å². The van der Waals surface area contributed by atoms with Crippen molar-refractivity contribution in [1.82, 2.24) is 20.8 Å². The molecule has 1 aliphatic rings. The van der Waals surface area contributed by atoms with Gasteiger partial charge >= 0.3 is 0 Å². The standard InChI is InChI=1S/C23H25N5O2/c1-15(24-2)22(29)26-20-12-11-16-7-3-6-10-21(16)28(23(20)30)14-17-13-25-27-19-9-5-4-8-18(17)19/h3-10,13,15,20,24H,11-12,14H2,1-2H3,(H,26,29)/t15?,20-/m0/s1. The van der Waals surface area contributed by atoms with Gasteiger partial charge in [0.15, 0.2) is 0 Å². The van der Waals surface area contributed by atoms with Gasteiger partial charge in [-0.1, -0.05) is 36.4 Å². The molecule has 1 unspecified atom stereocenters. The highest BCUT2D eigenvalue weighted by Crippen LogP contribution is 2.29. The number of fused-ring (bicyclic) bond motifs is 2. The summed E-state index contributed by atoms with van der Waals surface area (Å²) in [4.78, 5) is 27.8. The Morgan fingerprint density at radius 3 is 2.80 bits per heavy atom. The number of nitrogens with one attached hydrogen (secondary N) is 2. The van der Waals surface area contributed by atoms with Crippen LogP contribution in [0.1, 0.15) is 24.5 Å². The Hall–Kier alpha value is -3.32. The molecule has 0 spiro atoms. The van der Waals surface area contributed by atoms with E-state index < -0.39 is 6.04 Å². The highest BCUT2D eigenvalue weighted by atomic mass is 16.2. The summed E-state index contributed by atoms with van der Waals surface area (Å²) >= 11 is 0. The lowest BCUT2D eigenvalue weighted by atomic mass is 10.1. The first-order valence-electron chi connectivity index (χ1n) is 10.1. The zero-order valence-electron chi connectivity index (χ0n) is 17.1. The second-order valence-corrected chi connectivity index (χ2v) is 7.55. The van der Waals surface area contributed by atoms with Crippen LogP contribution in [-0.4, -0.2) is 41.1 Å². The maximum Gasteiger partial charge on any atom is 0.249 e. The van der Waals surface area contributed by atoms with E-state index in [0.717, 1.165) is 27.7 Å². The quantitative estimate of drug-likeness (QED) is 0.682. The number of para-hydroxylation sites is 1. The average Bonchev–Trinajstić information content (AvgIpc) is 2.91. The molecular formula is C23H25N5O2. The van der Waals surface area contributed by atoms with Crippen molar-refractivity contribution in [1.29, 1.82) is 0 Å². The molecule has 2 aromatic carbocycles. The third-order valence-electron chi connectivity index (χ3n) is 5.65. The van der Waals surface area contributed by atoms with E-state index in [-0.39, 0.29) is 17.9 Å². The second kappa shape index (κ2) is 8.59. The highest BCUT2D eigenvalue weighted by molar-refractivity contribution is 6.01. The number of anilines is 1.